The first-order valence-electron chi connectivity index (χ1n) is 11.0. The Bertz CT molecular complexity index is 1380. The van der Waals surface area contributed by atoms with Crippen molar-refractivity contribution >= 4 is 23.5 Å². The minimum absolute atomic E-state index is 0.0266. The molecule has 0 unspecified atom stereocenters. The molecule has 0 radical (unpaired) electrons. The molecular formula is C28H27FN2O3. The van der Waals surface area contributed by atoms with Gasteiger partial charge in [0, 0.05) is 28.5 Å². The molecule has 0 N–H and O–H groups in total. The van der Waals surface area contributed by atoms with Crippen LogP contribution in [0, 0.1) is 33.5 Å². The first kappa shape index (κ1) is 23.2. The number of aromatic nitrogens is 1. The van der Waals surface area contributed by atoms with Crippen molar-refractivity contribution in [3.05, 3.63) is 99.4 Å². The molecule has 3 aromatic rings. The van der Waals surface area contributed by atoms with Gasteiger partial charge in [-0.15, -0.1) is 0 Å². The minimum atomic E-state index is -0.696. The number of allylic oxidation sites excluding steroid dienone is 2. The summed E-state index contributed by atoms with van der Waals surface area (Å²) >= 11 is 0. The maximum Gasteiger partial charge on any atom is 0.343 e. The molecule has 0 atom stereocenters. The normalized spacial score (nSPS) is 15.0. The number of rotatable bonds is 4. The Kier molecular flexibility index (Phi) is 6.00. The fraction of sp³-hybridized carbons (Fsp3) is 0.214. The van der Waals surface area contributed by atoms with Gasteiger partial charge in [0.1, 0.15) is 11.4 Å². The molecule has 34 heavy (non-hydrogen) atoms. The van der Waals surface area contributed by atoms with Crippen molar-refractivity contribution in [2.75, 3.05) is 12.0 Å². The van der Waals surface area contributed by atoms with Gasteiger partial charge in [-0.1, -0.05) is 17.7 Å². The van der Waals surface area contributed by atoms with Crippen LogP contribution in [-0.2, 0) is 14.3 Å². The van der Waals surface area contributed by atoms with Crippen LogP contribution in [0.25, 0.3) is 11.8 Å². The summed E-state index contributed by atoms with van der Waals surface area (Å²) in [4.78, 5) is 27.5. The van der Waals surface area contributed by atoms with Crippen molar-refractivity contribution < 1.29 is 18.7 Å². The third-order valence-corrected chi connectivity index (χ3v) is 6.23. The van der Waals surface area contributed by atoms with Crippen molar-refractivity contribution in [1.29, 1.82) is 0 Å². The molecule has 2 heterocycles. The van der Waals surface area contributed by atoms with Gasteiger partial charge in [-0.2, -0.15) is 0 Å². The van der Waals surface area contributed by atoms with E-state index >= 15 is 0 Å². The van der Waals surface area contributed by atoms with E-state index in [1.165, 1.54) is 24.8 Å². The quantitative estimate of drug-likeness (QED) is 0.285. The van der Waals surface area contributed by atoms with Crippen LogP contribution in [0.3, 0.4) is 0 Å². The maximum absolute atomic E-state index is 13.6. The number of benzene rings is 2. The van der Waals surface area contributed by atoms with Gasteiger partial charge in [-0.25, -0.2) is 9.18 Å². The number of Topliss-reactive ketones (excluding diaryl/α,β-unsaturated/α-hetero) is 1. The summed E-state index contributed by atoms with van der Waals surface area (Å²) in [6, 6.07) is 14.1. The SMILES string of the molecule is COC(=O)C1=C(C)N(c2ccc(F)cc2)/C(=C\c2cc(C)n(-c3ccc(C)cc3C)c2C)C1=O. The Labute approximate surface area is 198 Å². The molecule has 174 valence electrons. The van der Waals surface area contributed by atoms with E-state index in [-0.39, 0.29) is 11.4 Å². The predicted molar refractivity (Wildman–Crippen MR) is 131 cm³/mol. The highest BCUT2D eigenvalue weighted by Crippen LogP contribution is 2.36. The summed E-state index contributed by atoms with van der Waals surface area (Å²) in [5.74, 6) is -1.50. The number of hydrogen-bond acceptors (Lipinski definition) is 4. The number of ether oxygens (including phenoxy) is 1. The number of halogens is 1. The zero-order valence-electron chi connectivity index (χ0n) is 20.2. The molecule has 0 spiro atoms. The second-order valence-corrected chi connectivity index (χ2v) is 8.57. The van der Waals surface area contributed by atoms with Crippen LogP contribution in [-0.4, -0.2) is 23.4 Å². The molecule has 0 saturated heterocycles. The number of hydrogen-bond donors (Lipinski definition) is 0. The monoisotopic (exact) mass is 458 g/mol. The Hall–Kier alpha value is -3.93. The number of anilines is 1. The molecule has 1 aromatic heterocycles. The van der Waals surface area contributed by atoms with E-state index in [9.17, 15) is 14.0 Å². The maximum atomic E-state index is 13.6. The van der Waals surface area contributed by atoms with E-state index in [1.54, 1.807) is 30.0 Å². The first-order chi connectivity index (χ1) is 16.1. The smallest absolute Gasteiger partial charge is 0.343 e. The first-order valence-corrected chi connectivity index (χ1v) is 11.0. The van der Waals surface area contributed by atoms with E-state index < -0.39 is 11.8 Å². The van der Waals surface area contributed by atoms with E-state index in [0.717, 1.165) is 28.2 Å². The summed E-state index contributed by atoms with van der Waals surface area (Å²) < 4.78 is 20.6. The average Bonchev–Trinajstić information content (AvgIpc) is 3.20. The van der Waals surface area contributed by atoms with Gasteiger partial charge in [-0.05, 0) is 88.2 Å². The van der Waals surface area contributed by atoms with Crippen LogP contribution >= 0.6 is 0 Å². The largest absolute Gasteiger partial charge is 0.465 e. The zero-order chi connectivity index (χ0) is 24.7. The van der Waals surface area contributed by atoms with Gasteiger partial charge in [0.15, 0.2) is 0 Å². The molecule has 0 fully saturated rings. The predicted octanol–water partition coefficient (Wildman–Crippen LogP) is 5.73. The summed E-state index contributed by atoms with van der Waals surface area (Å²) in [6.07, 6.45) is 1.79. The molecular weight excluding hydrogens is 431 g/mol. The average molecular weight is 459 g/mol. The number of esters is 1. The highest BCUT2D eigenvalue weighted by atomic mass is 19.1. The van der Waals surface area contributed by atoms with E-state index in [4.69, 9.17) is 4.74 Å². The fourth-order valence-corrected chi connectivity index (χ4v) is 4.59. The lowest BCUT2D eigenvalue weighted by Crippen LogP contribution is -2.18. The highest BCUT2D eigenvalue weighted by Gasteiger charge is 2.38. The van der Waals surface area contributed by atoms with Crippen molar-refractivity contribution in [3.8, 4) is 5.69 Å². The molecule has 0 bridgehead atoms. The molecule has 0 amide bonds. The Balaban J connectivity index is 1.88. The highest BCUT2D eigenvalue weighted by molar-refractivity contribution is 6.30. The van der Waals surface area contributed by atoms with E-state index in [0.29, 0.717) is 17.1 Å². The number of carbonyl (C=O) groups excluding carboxylic acids is 2. The Morgan fingerprint density at radius 3 is 2.26 bits per heavy atom. The molecule has 0 aliphatic carbocycles. The second-order valence-electron chi connectivity index (χ2n) is 8.57. The van der Waals surface area contributed by atoms with Crippen molar-refractivity contribution in [2.45, 2.75) is 34.6 Å². The van der Waals surface area contributed by atoms with E-state index in [1.807, 2.05) is 19.9 Å². The molecule has 2 aromatic carbocycles. The molecule has 4 rings (SSSR count). The van der Waals surface area contributed by atoms with Gasteiger partial charge in [-0.3, -0.25) is 4.79 Å². The van der Waals surface area contributed by atoms with Crippen LogP contribution < -0.4 is 4.90 Å². The summed E-state index contributed by atoms with van der Waals surface area (Å²) in [7, 11) is 1.25. The van der Waals surface area contributed by atoms with Gasteiger partial charge >= 0.3 is 5.97 Å². The van der Waals surface area contributed by atoms with Crippen molar-refractivity contribution in [2.24, 2.45) is 0 Å². The second kappa shape index (κ2) is 8.78. The number of nitrogens with zero attached hydrogens (tertiary/aromatic N) is 2. The van der Waals surface area contributed by atoms with Crippen LogP contribution in [0.5, 0.6) is 0 Å². The van der Waals surface area contributed by atoms with Gasteiger partial charge in [0.25, 0.3) is 0 Å². The number of carbonyl (C=O) groups is 2. The summed E-state index contributed by atoms with van der Waals surface area (Å²) in [6.45, 7) is 9.85. The standard InChI is InChI=1S/C28H27FN2O3/c1-16-7-12-24(17(2)13-16)30-18(3)14-21(19(30)4)15-25-27(32)26(28(33)34-6)20(5)31(25)23-10-8-22(29)9-11-23/h7-15H,1-6H3/b25-15-. The van der Waals surface area contributed by atoms with Gasteiger partial charge < -0.3 is 14.2 Å². The molecule has 1 aliphatic rings. The number of methoxy groups -OCH3 is 1. The Morgan fingerprint density at radius 2 is 1.65 bits per heavy atom. The topological polar surface area (TPSA) is 51.5 Å². The lowest BCUT2D eigenvalue weighted by molar-refractivity contribution is -0.137. The van der Waals surface area contributed by atoms with Crippen LogP contribution in [0.2, 0.25) is 0 Å². The third kappa shape index (κ3) is 3.85. The van der Waals surface area contributed by atoms with Crippen LogP contribution in [0.1, 0.15) is 35.0 Å². The van der Waals surface area contributed by atoms with Crippen LogP contribution in [0.4, 0.5) is 10.1 Å². The van der Waals surface area contributed by atoms with Gasteiger partial charge in [0.05, 0.1) is 12.8 Å². The fourth-order valence-electron chi connectivity index (χ4n) is 4.59. The number of aryl methyl sites for hydroxylation is 3. The van der Waals surface area contributed by atoms with Crippen molar-refractivity contribution in [1.82, 2.24) is 4.57 Å². The third-order valence-electron chi connectivity index (χ3n) is 6.23. The molecule has 0 saturated carbocycles. The Morgan fingerprint density at radius 1 is 0.971 bits per heavy atom. The summed E-state index contributed by atoms with van der Waals surface area (Å²) in [5.41, 5.74) is 7.56. The zero-order valence-corrected chi connectivity index (χ0v) is 20.2. The van der Waals surface area contributed by atoms with Crippen molar-refractivity contribution in [3.63, 3.8) is 0 Å². The summed E-state index contributed by atoms with van der Waals surface area (Å²) in [5, 5.41) is 0. The lowest BCUT2D eigenvalue weighted by atomic mass is 10.1. The molecule has 6 heteroatoms. The van der Waals surface area contributed by atoms with Crippen LogP contribution in [0.15, 0.2) is 65.5 Å². The molecule has 1 aliphatic heterocycles. The molecule has 5 nitrogen and oxygen atoms in total. The van der Waals surface area contributed by atoms with E-state index in [2.05, 4.69) is 36.6 Å². The lowest BCUT2D eigenvalue weighted by Gasteiger charge is -2.21. The van der Waals surface area contributed by atoms with Gasteiger partial charge in [0.2, 0.25) is 5.78 Å². The number of ketones is 1. The minimum Gasteiger partial charge on any atom is -0.465 e.